The number of hydrogen-bond donors (Lipinski definition) is 1. The molecule has 2 aromatic carbocycles. The number of nitrogens with one attached hydrogen (secondary N) is 1. The summed E-state index contributed by atoms with van der Waals surface area (Å²) in [6, 6.07) is 13.5. The van der Waals surface area contributed by atoms with Gasteiger partial charge in [0.2, 0.25) is 0 Å². The highest BCUT2D eigenvalue weighted by Gasteiger charge is 2.22. The summed E-state index contributed by atoms with van der Waals surface area (Å²) in [5.41, 5.74) is 1.10. The molecule has 1 aromatic heterocycles. The molecule has 0 unspecified atom stereocenters. The molecule has 1 saturated heterocycles. The van der Waals surface area contributed by atoms with Gasteiger partial charge in [-0.2, -0.15) is 0 Å². The normalized spacial score (nSPS) is 15.6. The van der Waals surface area contributed by atoms with Crippen molar-refractivity contribution >= 4 is 22.4 Å². The van der Waals surface area contributed by atoms with Crippen LogP contribution in [0, 0.1) is 0 Å². The fourth-order valence-electron chi connectivity index (χ4n) is 3.71. The number of H-pyrrole nitrogens is 1. The lowest BCUT2D eigenvalue weighted by atomic mass is 10.1. The molecule has 0 saturated carbocycles. The topological polar surface area (TPSA) is 54.6 Å². The molecule has 1 aliphatic rings. The zero-order valence-electron chi connectivity index (χ0n) is 15.8. The molecule has 0 radical (unpaired) electrons. The maximum Gasteiger partial charge on any atom is 0.255 e. The van der Waals surface area contributed by atoms with Crippen LogP contribution in [0.2, 0.25) is 5.02 Å². The first-order chi connectivity index (χ1) is 13.6. The Morgan fingerprint density at radius 1 is 1.14 bits per heavy atom. The number of aromatic nitrogens is 1. The molecule has 0 aliphatic carbocycles. The van der Waals surface area contributed by atoms with E-state index < -0.39 is 0 Å². The van der Waals surface area contributed by atoms with Crippen LogP contribution in [0.3, 0.4) is 0 Å². The van der Waals surface area contributed by atoms with E-state index in [1.54, 1.807) is 19.4 Å². The Bertz CT molecular complexity index is 1030. The molecular formula is C22H23ClN2O3. The Balaban J connectivity index is 1.42. The number of pyridine rings is 1. The van der Waals surface area contributed by atoms with Crippen LogP contribution in [-0.2, 0) is 6.54 Å². The number of nitrogens with zero attached hydrogens (tertiary/aromatic N) is 1. The number of piperidine rings is 1. The minimum Gasteiger partial charge on any atom is -0.493 e. The maximum atomic E-state index is 12.0. The average Bonchev–Trinajstić information content (AvgIpc) is 2.69. The van der Waals surface area contributed by atoms with Crippen LogP contribution >= 0.6 is 11.6 Å². The molecule has 146 valence electrons. The molecule has 1 N–H and O–H groups in total. The molecule has 6 heteroatoms. The van der Waals surface area contributed by atoms with Crippen LogP contribution < -0.4 is 15.0 Å². The van der Waals surface area contributed by atoms with Gasteiger partial charge in [0.25, 0.3) is 5.56 Å². The highest BCUT2D eigenvalue weighted by atomic mass is 35.5. The van der Waals surface area contributed by atoms with E-state index in [0.29, 0.717) is 16.9 Å². The van der Waals surface area contributed by atoms with Crippen molar-refractivity contribution in [1.29, 1.82) is 0 Å². The lowest BCUT2D eigenvalue weighted by molar-refractivity contribution is 0.0945. The summed E-state index contributed by atoms with van der Waals surface area (Å²) in [5.74, 6) is 1.28. The Morgan fingerprint density at radius 3 is 2.71 bits per heavy atom. The first-order valence-corrected chi connectivity index (χ1v) is 9.83. The van der Waals surface area contributed by atoms with Crippen LogP contribution in [0.1, 0.15) is 18.4 Å². The van der Waals surface area contributed by atoms with E-state index in [1.807, 2.05) is 30.3 Å². The Hall–Kier alpha value is -2.50. The van der Waals surface area contributed by atoms with Gasteiger partial charge in [0.1, 0.15) is 6.10 Å². The molecule has 0 amide bonds. The molecule has 5 nitrogen and oxygen atoms in total. The zero-order valence-corrected chi connectivity index (χ0v) is 16.5. The molecule has 28 heavy (non-hydrogen) atoms. The lowest BCUT2D eigenvalue weighted by Gasteiger charge is -2.32. The zero-order chi connectivity index (χ0) is 19.5. The third kappa shape index (κ3) is 4.16. The van der Waals surface area contributed by atoms with Crippen molar-refractivity contribution in [3.8, 4) is 11.5 Å². The molecule has 0 atom stereocenters. The van der Waals surface area contributed by atoms with Crippen molar-refractivity contribution in [3.05, 3.63) is 69.6 Å². The van der Waals surface area contributed by atoms with Gasteiger partial charge >= 0.3 is 0 Å². The first kappa shape index (κ1) is 18.8. The van der Waals surface area contributed by atoms with Gasteiger partial charge in [0.15, 0.2) is 11.5 Å². The summed E-state index contributed by atoms with van der Waals surface area (Å²) in [7, 11) is 1.60. The van der Waals surface area contributed by atoms with Crippen molar-refractivity contribution in [2.75, 3.05) is 20.2 Å². The molecule has 1 aliphatic heterocycles. The van der Waals surface area contributed by atoms with Gasteiger partial charge in [-0.1, -0.05) is 23.7 Å². The highest BCUT2D eigenvalue weighted by Crippen LogP contribution is 2.33. The fourth-order valence-corrected chi connectivity index (χ4v) is 3.92. The van der Waals surface area contributed by atoms with E-state index in [2.05, 4.69) is 16.0 Å². The number of likely N-dealkylation sites (tertiary alicyclic amines) is 1. The number of benzene rings is 2. The number of halogens is 1. The summed E-state index contributed by atoms with van der Waals surface area (Å²) in [4.78, 5) is 17.1. The van der Waals surface area contributed by atoms with E-state index in [9.17, 15) is 4.79 Å². The van der Waals surface area contributed by atoms with Gasteiger partial charge in [-0.3, -0.25) is 9.69 Å². The molecule has 2 heterocycles. The van der Waals surface area contributed by atoms with Gasteiger partial charge in [-0.15, -0.1) is 0 Å². The second-order valence-corrected chi connectivity index (χ2v) is 7.56. The number of methoxy groups -OCH3 is 1. The maximum absolute atomic E-state index is 12.0. The van der Waals surface area contributed by atoms with Gasteiger partial charge in [0, 0.05) is 30.9 Å². The van der Waals surface area contributed by atoms with Gasteiger partial charge in [-0.25, -0.2) is 0 Å². The number of fused-ring (bicyclic) bond motifs is 1. The van der Waals surface area contributed by atoms with Gasteiger partial charge < -0.3 is 14.5 Å². The second-order valence-electron chi connectivity index (χ2n) is 7.12. The fraction of sp³-hybridized carbons (Fsp3) is 0.318. The number of rotatable bonds is 5. The van der Waals surface area contributed by atoms with Gasteiger partial charge in [-0.05, 0) is 54.1 Å². The first-order valence-electron chi connectivity index (χ1n) is 9.45. The third-order valence-electron chi connectivity index (χ3n) is 5.18. The summed E-state index contributed by atoms with van der Waals surface area (Å²) >= 11 is 6.08. The highest BCUT2D eigenvalue weighted by molar-refractivity contribution is 6.30. The smallest absolute Gasteiger partial charge is 0.255 e. The molecule has 0 spiro atoms. The number of ether oxygens (including phenoxy) is 2. The summed E-state index contributed by atoms with van der Waals surface area (Å²) < 4.78 is 11.7. The lowest BCUT2D eigenvalue weighted by Crippen LogP contribution is -2.37. The van der Waals surface area contributed by atoms with Crippen LogP contribution in [0.5, 0.6) is 11.5 Å². The summed E-state index contributed by atoms with van der Waals surface area (Å²) in [5, 5.41) is 2.22. The van der Waals surface area contributed by atoms with Crippen molar-refractivity contribution in [2.45, 2.75) is 25.5 Å². The van der Waals surface area contributed by atoms with E-state index in [4.69, 9.17) is 21.1 Å². The largest absolute Gasteiger partial charge is 0.493 e. The number of aromatic amines is 1. The van der Waals surface area contributed by atoms with Crippen molar-refractivity contribution in [2.24, 2.45) is 0 Å². The third-order valence-corrected chi connectivity index (χ3v) is 5.42. The Labute approximate surface area is 168 Å². The number of hydrogen-bond acceptors (Lipinski definition) is 4. The summed E-state index contributed by atoms with van der Waals surface area (Å²) in [6.07, 6.45) is 3.66. The Kier molecular flexibility index (Phi) is 5.55. The molecule has 4 rings (SSSR count). The quantitative estimate of drug-likeness (QED) is 0.698. The molecular weight excluding hydrogens is 376 g/mol. The van der Waals surface area contributed by atoms with E-state index in [-0.39, 0.29) is 11.7 Å². The van der Waals surface area contributed by atoms with Gasteiger partial charge in [0.05, 0.1) is 12.5 Å². The minimum absolute atomic E-state index is 0.128. The van der Waals surface area contributed by atoms with Crippen molar-refractivity contribution in [3.63, 3.8) is 0 Å². The summed E-state index contributed by atoms with van der Waals surface area (Å²) in [6.45, 7) is 2.83. The van der Waals surface area contributed by atoms with Crippen LogP contribution in [0.4, 0.5) is 0 Å². The van der Waals surface area contributed by atoms with Crippen LogP contribution in [0.15, 0.2) is 53.5 Å². The van der Waals surface area contributed by atoms with Crippen molar-refractivity contribution < 1.29 is 9.47 Å². The van der Waals surface area contributed by atoms with Crippen molar-refractivity contribution in [1.82, 2.24) is 9.88 Å². The van der Waals surface area contributed by atoms with E-state index >= 15 is 0 Å². The predicted octanol–water partition coefficient (Wildman–Crippen LogP) is 4.23. The van der Waals surface area contributed by atoms with Crippen LogP contribution in [-0.4, -0.2) is 36.2 Å². The molecule has 0 bridgehead atoms. The monoisotopic (exact) mass is 398 g/mol. The molecule has 3 aromatic rings. The van der Waals surface area contributed by atoms with E-state index in [1.165, 1.54) is 5.56 Å². The SMILES string of the molecule is COc1cc2c(=O)[nH]ccc2cc1OC1CCN(Cc2cccc(Cl)c2)CC1. The Morgan fingerprint density at radius 2 is 1.96 bits per heavy atom. The predicted molar refractivity (Wildman–Crippen MR) is 111 cm³/mol. The minimum atomic E-state index is -0.128. The van der Waals surface area contributed by atoms with E-state index in [0.717, 1.165) is 42.9 Å². The second kappa shape index (κ2) is 8.25. The molecule has 1 fully saturated rings. The van der Waals surface area contributed by atoms with Crippen LogP contribution in [0.25, 0.3) is 10.8 Å². The average molecular weight is 399 g/mol. The standard InChI is InChI=1S/C22H23ClN2O3/c1-27-20-13-19-16(5-8-24-22(19)26)12-21(20)28-18-6-9-25(10-7-18)14-15-3-2-4-17(23)11-15/h2-5,8,11-13,18H,6-7,9-10,14H2,1H3,(H,24,26).